The molecule has 2 bridgehead atoms. The summed E-state index contributed by atoms with van der Waals surface area (Å²) in [7, 11) is 2.25. The molecule has 0 radical (unpaired) electrons. The third-order valence-corrected chi connectivity index (χ3v) is 5.26. The van der Waals surface area contributed by atoms with E-state index in [0.29, 0.717) is 0 Å². The largest absolute Gasteiger partial charge is 0.385 e. The van der Waals surface area contributed by atoms with Crippen LogP contribution in [0.1, 0.15) is 44.7 Å². The van der Waals surface area contributed by atoms with Gasteiger partial charge in [0.25, 0.3) is 0 Å². The van der Waals surface area contributed by atoms with Crippen LogP contribution in [0.2, 0.25) is 0 Å². The topological polar surface area (TPSA) is 28.2 Å². The SMILES string of the molecule is CCCNc1ccnc(CN(C)CC2CC3CCC2C3)c1. The lowest BCUT2D eigenvalue weighted by atomic mass is 9.88. The minimum atomic E-state index is 0.940. The monoisotopic (exact) mass is 287 g/mol. The maximum Gasteiger partial charge on any atom is 0.0564 e. The van der Waals surface area contributed by atoms with Gasteiger partial charge in [-0.2, -0.15) is 0 Å². The lowest BCUT2D eigenvalue weighted by Gasteiger charge is -2.27. The van der Waals surface area contributed by atoms with Crippen LogP contribution in [0, 0.1) is 17.8 Å². The van der Waals surface area contributed by atoms with Gasteiger partial charge in [-0.3, -0.25) is 4.98 Å². The average Bonchev–Trinajstić information content (AvgIpc) is 3.08. The van der Waals surface area contributed by atoms with E-state index >= 15 is 0 Å². The van der Waals surface area contributed by atoms with Gasteiger partial charge in [-0.25, -0.2) is 0 Å². The highest BCUT2D eigenvalue weighted by molar-refractivity contribution is 5.43. The van der Waals surface area contributed by atoms with E-state index in [9.17, 15) is 0 Å². The zero-order chi connectivity index (χ0) is 14.7. The van der Waals surface area contributed by atoms with Crippen LogP contribution < -0.4 is 5.32 Å². The van der Waals surface area contributed by atoms with Crippen molar-refractivity contribution in [3.63, 3.8) is 0 Å². The van der Waals surface area contributed by atoms with Gasteiger partial charge in [0.15, 0.2) is 0 Å². The predicted molar refractivity (Wildman–Crippen MR) is 88.3 cm³/mol. The Morgan fingerprint density at radius 2 is 2.24 bits per heavy atom. The Bertz CT molecular complexity index is 460. The summed E-state index contributed by atoms with van der Waals surface area (Å²) < 4.78 is 0. The molecule has 2 aliphatic rings. The fourth-order valence-electron chi connectivity index (χ4n) is 4.29. The first-order valence-corrected chi connectivity index (χ1v) is 8.62. The Kier molecular flexibility index (Phi) is 4.79. The van der Waals surface area contributed by atoms with Crippen molar-refractivity contribution in [2.24, 2.45) is 17.8 Å². The lowest BCUT2D eigenvalue weighted by Crippen LogP contribution is -2.28. The number of nitrogens with zero attached hydrogens (tertiary/aromatic N) is 2. The van der Waals surface area contributed by atoms with Gasteiger partial charge in [-0.1, -0.05) is 13.3 Å². The van der Waals surface area contributed by atoms with Crippen molar-refractivity contribution in [1.82, 2.24) is 9.88 Å². The zero-order valence-corrected chi connectivity index (χ0v) is 13.5. The van der Waals surface area contributed by atoms with Crippen LogP contribution in [0.5, 0.6) is 0 Å². The van der Waals surface area contributed by atoms with Gasteiger partial charge in [0, 0.05) is 31.5 Å². The summed E-state index contributed by atoms with van der Waals surface area (Å²) in [6.45, 7) is 5.44. The number of hydrogen-bond donors (Lipinski definition) is 1. The van der Waals surface area contributed by atoms with Crippen LogP contribution in [-0.2, 0) is 6.54 Å². The number of anilines is 1. The molecular formula is C18H29N3. The molecule has 3 rings (SSSR count). The third-order valence-electron chi connectivity index (χ3n) is 5.26. The fourth-order valence-corrected chi connectivity index (χ4v) is 4.29. The molecule has 3 heteroatoms. The highest BCUT2D eigenvalue weighted by atomic mass is 15.1. The van der Waals surface area contributed by atoms with Gasteiger partial charge in [0.1, 0.15) is 0 Å². The van der Waals surface area contributed by atoms with Crippen LogP contribution in [-0.4, -0.2) is 30.0 Å². The van der Waals surface area contributed by atoms with Crippen LogP contribution in [0.4, 0.5) is 5.69 Å². The smallest absolute Gasteiger partial charge is 0.0564 e. The molecule has 0 aliphatic heterocycles. The van der Waals surface area contributed by atoms with E-state index in [4.69, 9.17) is 0 Å². The lowest BCUT2D eigenvalue weighted by molar-refractivity contribution is 0.213. The molecule has 0 amide bonds. The number of hydrogen-bond acceptors (Lipinski definition) is 3. The summed E-state index contributed by atoms with van der Waals surface area (Å²) in [5.41, 5.74) is 2.39. The maximum atomic E-state index is 4.53. The van der Waals surface area contributed by atoms with Crippen molar-refractivity contribution in [3.8, 4) is 0 Å². The van der Waals surface area contributed by atoms with Gasteiger partial charge in [-0.15, -0.1) is 0 Å². The summed E-state index contributed by atoms with van der Waals surface area (Å²) in [5.74, 6) is 3.01. The first-order valence-electron chi connectivity index (χ1n) is 8.62. The summed E-state index contributed by atoms with van der Waals surface area (Å²) in [6, 6.07) is 4.27. The first-order chi connectivity index (χ1) is 10.2. The van der Waals surface area contributed by atoms with Crippen molar-refractivity contribution in [2.45, 2.75) is 45.6 Å². The van der Waals surface area contributed by atoms with E-state index in [0.717, 1.165) is 37.3 Å². The summed E-state index contributed by atoms with van der Waals surface area (Å²) in [4.78, 5) is 7.00. The second-order valence-corrected chi connectivity index (χ2v) is 7.09. The number of aromatic nitrogens is 1. The maximum absolute atomic E-state index is 4.53. The van der Waals surface area contributed by atoms with E-state index < -0.39 is 0 Å². The molecule has 0 aromatic carbocycles. The molecule has 0 saturated heterocycles. The predicted octanol–water partition coefficient (Wildman–Crippen LogP) is 3.77. The minimum absolute atomic E-state index is 0.940. The van der Waals surface area contributed by atoms with E-state index in [1.807, 2.05) is 6.20 Å². The second-order valence-electron chi connectivity index (χ2n) is 7.09. The first kappa shape index (κ1) is 14.8. The van der Waals surface area contributed by atoms with Crippen molar-refractivity contribution < 1.29 is 0 Å². The Balaban J connectivity index is 1.51. The quantitative estimate of drug-likeness (QED) is 0.827. The van der Waals surface area contributed by atoms with Crippen LogP contribution >= 0.6 is 0 Å². The van der Waals surface area contributed by atoms with Crippen molar-refractivity contribution in [2.75, 3.05) is 25.5 Å². The molecule has 1 aromatic rings. The van der Waals surface area contributed by atoms with Gasteiger partial charge >= 0.3 is 0 Å². The summed E-state index contributed by atoms with van der Waals surface area (Å²) in [6.07, 6.45) is 9.05. The van der Waals surface area contributed by atoms with Gasteiger partial charge in [0.2, 0.25) is 0 Å². The Morgan fingerprint density at radius 1 is 1.33 bits per heavy atom. The second kappa shape index (κ2) is 6.78. The molecule has 2 saturated carbocycles. The zero-order valence-electron chi connectivity index (χ0n) is 13.5. The molecule has 3 nitrogen and oxygen atoms in total. The van der Waals surface area contributed by atoms with Gasteiger partial charge in [0.05, 0.1) is 5.69 Å². The van der Waals surface area contributed by atoms with E-state index in [1.54, 1.807) is 0 Å². The molecule has 1 N–H and O–H groups in total. The Labute approximate surface area is 129 Å². The summed E-state index contributed by atoms with van der Waals surface area (Å²) >= 11 is 0. The van der Waals surface area contributed by atoms with Crippen LogP contribution in [0.25, 0.3) is 0 Å². The molecule has 2 fully saturated rings. The number of pyridine rings is 1. The third kappa shape index (κ3) is 3.76. The average molecular weight is 287 g/mol. The normalized spacial score (nSPS) is 27.5. The fraction of sp³-hybridized carbons (Fsp3) is 0.722. The van der Waals surface area contributed by atoms with Crippen LogP contribution in [0.15, 0.2) is 18.3 Å². The molecule has 1 aromatic heterocycles. The molecular weight excluding hydrogens is 258 g/mol. The number of fused-ring (bicyclic) bond motifs is 2. The highest BCUT2D eigenvalue weighted by Gasteiger charge is 2.39. The molecule has 3 unspecified atom stereocenters. The molecule has 3 atom stereocenters. The van der Waals surface area contributed by atoms with E-state index in [1.165, 1.54) is 43.6 Å². The van der Waals surface area contributed by atoms with Gasteiger partial charge < -0.3 is 10.2 Å². The number of rotatable bonds is 7. The molecule has 1 heterocycles. The van der Waals surface area contributed by atoms with Crippen molar-refractivity contribution in [1.29, 1.82) is 0 Å². The number of nitrogens with one attached hydrogen (secondary N) is 1. The standard InChI is InChI=1S/C18H29N3/c1-3-7-19-17-6-8-20-18(11-17)13-21(2)12-16-10-14-4-5-15(16)9-14/h6,8,11,14-16H,3-5,7,9-10,12-13H2,1-2H3,(H,19,20). The molecule has 2 aliphatic carbocycles. The van der Waals surface area contributed by atoms with Crippen LogP contribution in [0.3, 0.4) is 0 Å². The van der Waals surface area contributed by atoms with Crippen molar-refractivity contribution in [3.05, 3.63) is 24.0 Å². The molecule has 21 heavy (non-hydrogen) atoms. The van der Waals surface area contributed by atoms with E-state index in [2.05, 4.69) is 41.3 Å². The Morgan fingerprint density at radius 3 is 2.95 bits per heavy atom. The van der Waals surface area contributed by atoms with Gasteiger partial charge in [-0.05, 0) is 62.6 Å². The molecule has 116 valence electrons. The minimum Gasteiger partial charge on any atom is -0.385 e. The summed E-state index contributed by atoms with van der Waals surface area (Å²) in [5, 5.41) is 3.44. The Hall–Kier alpha value is -1.09. The van der Waals surface area contributed by atoms with Crippen molar-refractivity contribution >= 4 is 5.69 Å². The van der Waals surface area contributed by atoms with E-state index in [-0.39, 0.29) is 0 Å². The molecule has 0 spiro atoms. The highest BCUT2D eigenvalue weighted by Crippen LogP contribution is 2.48.